The van der Waals surface area contributed by atoms with Crippen molar-refractivity contribution in [2.45, 2.75) is 70.1 Å². The zero-order valence-corrected chi connectivity index (χ0v) is 15.5. The van der Waals surface area contributed by atoms with Crippen LogP contribution in [0.3, 0.4) is 0 Å². The molecule has 0 bridgehead atoms. The fourth-order valence-electron chi connectivity index (χ4n) is 4.56. The molecule has 1 N–H and O–H groups in total. The van der Waals surface area contributed by atoms with Crippen molar-refractivity contribution in [1.29, 1.82) is 0 Å². The third-order valence-corrected chi connectivity index (χ3v) is 6.08. The van der Waals surface area contributed by atoms with Gasteiger partial charge in [0.2, 0.25) is 0 Å². The van der Waals surface area contributed by atoms with Gasteiger partial charge in [0.25, 0.3) is 5.56 Å². The lowest BCUT2D eigenvalue weighted by Crippen LogP contribution is -2.35. The molecular weight excluding hydrogens is 342 g/mol. The number of nitrogens with one attached hydrogen (secondary N) is 1. The van der Waals surface area contributed by atoms with Gasteiger partial charge in [0.1, 0.15) is 5.82 Å². The highest BCUT2D eigenvalue weighted by Gasteiger charge is 2.26. The molecule has 0 radical (unpaired) electrons. The third kappa shape index (κ3) is 3.36. The molecule has 1 aliphatic heterocycles. The van der Waals surface area contributed by atoms with Crippen LogP contribution in [0.4, 0.5) is 5.82 Å². The van der Waals surface area contributed by atoms with E-state index in [1.165, 1.54) is 12.0 Å². The van der Waals surface area contributed by atoms with Crippen LogP contribution in [0, 0.1) is 0 Å². The molecule has 2 aliphatic carbocycles. The smallest absolute Gasteiger partial charge is 0.267 e. The number of fused-ring (bicyclic) bond motifs is 2. The van der Waals surface area contributed by atoms with Crippen LogP contribution in [0.25, 0.3) is 0 Å². The molecule has 1 saturated carbocycles. The summed E-state index contributed by atoms with van der Waals surface area (Å²) in [6, 6.07) is 4.46. The van der Waals surface area contributed by atoms with E-state index in [0.717, 1.165) is 67.7 Å². The highest BCUT2D eigenvalue weighted by atomic mass is 16.5. The number of nitrogens with zero attached hydrogens (tertiary/aromatic N) is 4. The Hall–Kier alpha value is -2.28. The lowest BCUT2D eigenvalue weighted by molar-refractivity contribution is 0.107. The summed E-state index contributed by atoms with van der Waals surface area (Å²) in [5.74, 6) is 0.892. The molecule has 0 saturated heterocycles. The van der Waals surface area contributed by atoms with E-state index < -0.39 is 0 Å². The first-order chi connectivity index (χ1) is 13.3. The molecule has 5 rings (SSSR count). The van der Waals surface area contributed by atoms with Crippen LogP contribution in [-0.4, -0.2) is 32.6 Å². The summed E-state index contributed by atoms with van der Waals surface area (Å²) < 4.78 is 7.15. The quantitative estimate of drug-likeness (QED) is 0.896. The summed E-state index contributed by atoms with van der Waals surface area (Å²) in [4.78, 5) is 12.5. The van der Waals surface area contributed by atoms with Gasteiger partial charge < -0.3 is 10.1 Å². The van der Waals surface area contributed by atoms with E-state index in [0.29, 0.717) is 19.3 Å². The number of rotatable bonds is 3. The van der Waals surface area contributed by atoms with Crippen molar-refractivity contribution in [3.63, 3.8) is 0 Å². The first-order valence-corrected chi connectivity index (χ1v) is 10.1. The van der Waals surface area contributed by atoms with E-state index >= 15 is 0 Å². The maximum Gasteiger partial charge on any atom is 0.267 e. The Morgan fingerprint density at radius 2 is 1.89 bits per heavy atom. The molecule has 1 fully saturated rings. The standard InChI is InChI=1S/C20H25N5O2/c26-20-11-14-12-27-9-8-18(14)24-25(20)16-6-4-15(5-7-16)21-19-10-13-2-1-3-17(13)22-23-19/h10-11,15-16H,1-9,12H2,(H,21,23). The number of ether oxygens (including phenoxy) is 1. The van der Waals surface area contributed by atoms with Crippen molar-refractivity contribution in [1.82, 2.24) is 20.0 Å². The molecule has 0 amide bonds. The molecule has 7 nitrogen and oxygen atoms in total. The van der Waals surface area contributed by atoms with Crippen LogP contribution in [0.2, 0.25) is 0 Å². The molecule has 0 unspecified atom stereocenters. The van der Waals surface area contributed by atoms with Crippen molar-refractivity contribution < 1.29 is 4.74 Å². The molecule has 27 heavy (non-hydrogen) atoms. The normalized spacial score (nSPS) is 24.3. The minimum atomic E-state index is 0.000137. The minimum Gasteiger partial charge on any atom is -0.376 e. The summed E-state index contributed by atoms with van der Waals surface area (Å²) in [5.41, 5.74) is 4.48. The fraction of sp³-hybridized carbons (Fsp3) is 0.600. The van der Waals surface area contributed by atoms with Crippen molar-refractivity contribution in [2.24, 2.45) is 0 Å². The second-order valence-electron chi connectivity index (χ2n) is 7.91. The SMILES string of the molecule is O=c1cc2c(nn1C1CCC(Nc3cc4c(nn3)CCC4)CC1)CCOC2. The molecule has 0 atom stereocenters. The number of aromatic nitrogens is 4. The Bertz CT molecular complexity index is 902. The van der Waals surface area contributed by atoms with Crippen LogP contribution < -0.4 is 10.9 Å². The van der Waals surface area contributed by atoms with Crippen molar-refractivity contribution >= 4 is 5.82 Å². The van der Waals surface area contributed by atoms with Gasteiger partial charge in [-0.25, -0.2) is 4.68 Å². The van der Waals surface area contributed by atoms with E-state index in [9.17, 15) is 4.79 Å². The second-order valence-corrected chi connectivity index (χ2v) is 7.91. The van der Waals surface area contributed by atoms with Crippen LogP contribution in [-0.2, 0) is 30.6 Å². The van der Waals surface area contributed by atoms with Gasteiger partial charge >= 0.3 is 0 Å². The van der Waals surface area contributed by atoms with Gasteiger partial charge in [0.15, 0.2) is 0 Å². The maximum atomic E-state index is 12.5. The van der Waals surface area contributed by atoms with E-state index in [4.69, 9.17) is 4.74 Å². The van der Waals surface area contributed by atoms with Crippen LogP contribution in [0.15, 0.2) is 16.9 Å². The Balaban J connectivity index is 1.25. The van der Waals surface area contributed by atoms with Gasteiger partial charge in [-0.1, -0.05) is 0 Å². The van der Waals surface area contributed by atoms with Gasteiger partial charge in [-0.3, -0.25) is 4.79 Å². The maximum absolute atomic E-state index is 12.5. The largest absolute Gasteiger partial charge is 0.376 e. The predicted octanol–water partition coefficient (Wildman–Crippen LogP) is 2.19. The highest BCUT2D eigenvalue weighted by Crippen LogP contribution is 2.30. The lowest BCUT2D eigenvalue weighted by atomic mass is 9.91. The third-order valence-electron chi connectivity index (χ3n) is 6.08. The van der Waals surface area contributed by atoms with Crippen LogP contribution in [0.1, 0.15) is 60.7 Å². The van der Waals surface area contributed by atoms with Gasteiger partial charge in [-0.2, -0.15) is 10.2 Å². The van der Waals surface area contributed by atoms with Gasteiger partial charge in [-0.05, 0) is 56.6 Å². The number of hydrogen-bond acceptors (Lipinski definition) is 6. The topological polar surface area (TPSA) is 81.9 Å². The highest BCUT2D eigenvalue weighted by molar-refractivity contribution is 5.40. The molecule has 142 valence electrons. The first kappa shape index (κ1) is 16.9. The van der Waals surface area contributed by atoms with E-state index in [-0.39, 0.29) is 11.6 Å². The minimum absolute atomic E-state index is 0.000137. The Morgan fingerprint density at radius 3 is 2.78 bits per heavy atom. The van der Waals surface area contributed by atoms with Gasteiger partial charge in [-0.15, -0.1) is 5.10 Å². The number of aryl methyl sites for hydroxylation is 2. The van der Waals surface area contributed by atoms with Gasteiger partial charge in [0.05, 0.1) is 30.6 Å². The Labute approximate surface area is 158 Å². The molecule has 7 heteroatoms. The molecule has 3 aliphatic rings. The summed E-state index contributed by atoms with van der Waals surface area (Å²) in [6.07, 6.45) is 8.09. The molecule has 3 heterocycles. The van der Waals surface area contributed by atoms with Crippen LogP contribution >= 0.6 is 0 Å². The molecule has 0 spiro atoms. The molecular formula is C20H25N5O2. The summed E-state index contributed by atoms with van der Waals surface area (Å²) in [6.45, 7) is 1.20. The number of anilines is 1. The van der Waals surface area contributed by atoms with Crippen molar-refractivity contribution in [3.05, 3.63) is 45.0 Å². The average Bonchev–Trinajstić information content (AvgIpc) is 3.16. The number of hydrogen-bond donors (Lipinski definition) is 1. The summed E-state index contributed by atoms with van der Waals surface area (Å²) >= 11 is 0. The molecule has 2 aromatic heterocycles. The van der Waals surface area contributed by atoms with Crippen molar-refractivity contribution in [2.75, 3.05) is 11.9 Å². The molecule has 0 aromatic carbocycles. The zero-order valence-electron chi connectivity index (χ0n) is 15.5. The van der Waals surface area contributed by atoms with Crippen LogP contribution in [0.5, 0.6) is 0 Å². The average molecular weight is 367 g/mol. The summed E-state index contributed by atoms with van der Waals surface area (Å²) in [5, 5.41) is 16.9. The first-order valence-electron chi connectivity index (χ1n) is 10.1. The Kier molecular flexibility index (Phi) is 4.39. The predicted molar refractivity (Wildman–Crippen MR) is 101 cm³/mol. The second kappa shape index (κ2) is 7.03. The Morgan fingerprint density at radius 1 is 1.00 bits per heavy atom. The lowest BCUT2D eigenvalue weighted by Gasteiger charge is -2.30. The zero-order chi connectivity index (χ0) is 18.2. The van der Waals surface area contributed by atoms with E-state index in [2.05, 4.69) is 26.7 Å². The fourth-order valence-corrected chi connectivity index (χ4v) is 4.56. The van der Waals surface area contributed by atoms with E-state index in [1.807, 2.05) is 0 Å². The monoisotopic (exact) mass is 367 g/mol. The molecule has 2 aromatic rings. The summed E-state index contributed by atoms with van der Waals surface area (Å²) in [7, 11) is 0. The van der Waals surface area contributed by atoms with Gasteiger partial charge in [0, 0.05) is 24.1 Å². The van der Waals surface area contributed by atoms with E-state index in [1.54, 1.807) is 10.7 Å². The van der Waals surface area contributed by atoms with Crippen molar-refractivity contribution in [3.8, 4) is 0 Å².